The Balaban J connectivity index is 1.14. The second-order valence-electron chi connectivity index (χ2n) is 14.8. The minimum atomic E-state index is -4.72. The van der Waals surface area contributed by atoms with Gasteiger partial charge in [-0.1, -0.05) is 24.3 Å². The van der Waals surface area contributed by atoms with Crippen LogP contribution in [0.2, 0.25) is 0 Å². The molecule has 0 aliphatic carbocycles. The number of oxazole rings is 2. The van der Waals surface area contributed by atoms with Crippen LogP contribution >= 0.6 is 0 Å². The minimum Gasteiger partial charge on any atom is -0.480 e. The van der Waals surface area contributed by atoms with Gasteiger partial charge in [-0.2, -0.15) is 22.0 Å². The van der Waals surface area contributed by atoms with Gasteiger partial charge >= 0.3 is 18.8 Å². The molecule has 4 aromatic carbocycles. The summed E-state index contributed by atoms with van der Waals surface area (Å²) in [6.07, 6.45) is -3.61. The summed E-state index contributed by atoms with van der Waals surface area (Å²) in [5.41, 5.74) is 2.64. The first-order valence-corrected chi connectivity index (χ1v) is 18.0. The van der Waals surface area contributed by atoms with Gasteiger partial charge in [-0.15, -0.1) is 0 Å². The van der Waals surface area contributed by atoms with E-state index in [1.165, 1.54) is 13.0 Å². The van der Waals surface area contributed by atoms with E-state index < -0.39 is 36.0 Å². The second-order valence-corrected chi connectivity index (χ2v) is 14.8. The molecule has 56 heavy (non-hydrogen) atoms. The number of alkyl halides is 6. The van der Waals surface area contributed by atoms with Gasteiger partial charge in [0.05, 0.1) is 0 Å². The molecule has 2 fully saturated rings. The molecule has 0 bridgehead atoms. The molecule has 2 aliphatic rings. The first-order valence-electron chi connectivity index (χ1n) is 18.0. The molecular weight excluding hydrogens is 742 g/mol. The molecule has 0 spiro atoms. The number of carboxylic acids is 1. The Labute approximate surface area is 316 Å². The van der Waals surface area contributed by atoms with Crippen LogP contribution in [0.25, 0.3) is 56.2 Å². The summed E-state index contributed by atoms with van der Waals surface area (Å²) in [4.78, 5) is 24.4. The number of aromatic nitrogens is 2. The van der Waals surface area contributed by atoms with E-state index in [9.17, 15) is 36.2 Å². The first-order chi connectivity index (χ1) is 26.5. The summed E-state index contributed by atoms with van der Waals surface area (Å²) in [7, 11) is 0. The van der Waals surface area contributed by atoms with E-state index in [0.717, 1.165) is 22.8 Å². The summed E-state index contributed by atoms with van der Waals surface area (Å²) < 4.78 is 101. The van der Waals surface area contributed by atoms with E-state index in [1.54, 1.807) is 46.2 Å². The molecule has 0 radical (unpaired) electrons. The number of hydrogen-bond acceptors (Lipinski definition) is 8. The third kappa shape index (κ3) is 7.09. The van der Waals surface area contributed by atoms with Crippen molar-refractivity contribution in [3.63, 3.8) is 0 Å². The van der Waals surface area contributed by atoms with E-state index >= 15 is 0 Å². The van der Waals surface area contributed by atoms with Crippen molar-refractivity contribution >= 4 is 28.2 Å². The molecule has 9 nitrogen and oxygen atoms in total. The van der Waals surface area contributed by atoms with Gasteiger partial charge in [-0.3, -0.25) is 14.6 Å². The molecule has 6 aromatic rings. The molecule has 1 N–H and O–H groups in total. The van der Waals surface area contributed by atoms with Crippen LogP contribution in [0.15, 0.2) is 69.5 Å². The number of carbonyl (C=O) groups is 1. The zero-order valence-corrected chi connectivity index (χ0v) is 30.5. The van der Waals surface area contributed by atoms with Gasteiger partial charge in [0.25, 0.3) is 0 Å². The van der Waals surface area contributed by atoms with E-state index in [0.29, 0.717) is 52.7 Å². The second kappa shape index (κ2) is 14.0. The molecule has 0 unspecified atom stereocenters. The molecule has 0 saturated carbocycles. The van der Waals surface area contributed by atoms with Crippen molar-refractivity contribution in [3.8, 4) is 39.8 Å². The molecular formula is C41H36F6N4O5. The van der Waals surface area contributed by atoms with Gasteiger partial charge in [0.15, 0.2) is 11.2 Å². The van der Waals surface area contributed by atoms with Gasteiger partial charge in [-0.05, 0) is 98.3 Å². The average Bonchev–Trinajstić information content (AvgIpc) is 3.85. The quantitative estimate of drug-likeness (QED) is 0.136. The number of halogens is 6. The minimum absolute atomic E-state index is 0.0104. The van der Waals surface area contributed by atoms with Crippen molar-refractivity contribution in [3.05, 3.63) is 88.5 Å². The lowest BCUT2D eigenvalue weighted by molar-refractivity contribution is -0.142. The third-order valence-electron chi connectivity index (χ3n) is 10.6. The van der Waals surface area contributed by atoms with Gasteiger partial charge in [-0.25, -0.2) is 14.4 Å². The Morgan fingerprint density at radius 3 is 2.16 bits per heavy atom. The third-order valence-corrected chi connectivity index (χ3v) is 10.6. The van der Waals surface area contributed by atoms with Crippen molar-refractivity contribution in [1.82, 2.24) is 19.8 Å². The van der Waals surface area contributed by atoms with Crippen LogP contribution in [-0.4, -0.2) is 68.8 Å². The molecule has 15 heteroatoms. The Morgan fingerprint density at radius 1 is 0.929 bits per heavy atom. The summed E-state index contributed by atoms with van der Waals surface area (Å²) in [6, 6.07) is 15.6. The molecule has 0 amide bonds. The summed E-state index contributed by atoms with van der Waals surface area (Å²) in [5, 5.41) is 9.64. The smallest absolute Gasteiger partial charge is 0.420 e. The van der Waals surface area contributed by atoms with Crippen LogP contribution < -0.4 is 4.74 Å². The fourth-order valence-corrected chi connectivity index (χ4v) is 8.04. The molecule has 4 heterocycles. The molecule has 292 valence electrons. The lowest BCUT2D eigenvalue weighted by Gasteiger charge is -2.42. The Morgan fingerprint density at radius 2 is 1.55 bits per heavy atom. The highest BCUT2D eigenvalue weighted by Crippen LogP contribution is 2.42. The van der Waals surface area contributed by atoms with Crippen LogP contribution in [0.5, 0.6) is 5.75 Å². The van der Waals surface area contributed by atoms with Gasteiger partial charge < -0.3 is 18.7 Å². The molecule has 8 rings (SSSR count). The Bertz CT molecular complexity index is 2480. The summed E-state index contributed by atoms with van der Waals surface area (Å²) in [6.45, 7) is 2.98. The van der Waals surface area contributed by atoms with E-state index in [-0.39, 0.29) is 60.4 Å². The maximum Gasteiger partial charge on any atom is 0.420 e. The number of nitrogens with zero attached hydrogens (tertiary/aromatic N) is 4. The van der Waals surface area contributed by atoms with E-state index in [1.807, 2.05) is 26.0 Å². The highest BCUT2D eigenvalue weighted by molar-refractivity contribution is 5.86. The lowest BCUT2D eigenvalue weighted by Crippen LogP contribution is -2.56. The van der Waals surface area contributed by atoms with Crippen molar-refractivity contribution in [2.24, 2.45) is 0 Å². The number of hydrogen-bond donors (Lipinski definition) is 1. The van der Waals surface area contributed by atoms with E-state index in [2.05, 4.69) is 9.97 Å². The number of benzene rings is 4. The van der Waals surface area contributed by atoms with Crippen molar-refractivity contribution < 1.29 is 49.8 Å². The normalized spacial score (nSPS) is 17.6. The fourth-order valence-electron chi connectivity index (χ4n) is 8.04. The van der Waals surface area contributed by atoms with Gasteiger partial charge in [0.1, 0.15) is 34.1 Å². The largest absolute Gasteiger partial charge is 0.480 e. The predicted octanol–water partition coefficient (Wildman–Crippen LogP) is 9.80. The van der Waals surface area contributed by atoms with E-state index in [4.69, 9.17) is 13.6 Å². The number of fused-ring (bicyclic) bond motifs is 2. The molecule has 2 aliphatic heterocycles. The molecule has 2 saturated heterocycles. The number of ether oxygens (including phenoxy) is 1. The molecule has 1 atom stereocenters. The van der Waals surface area contributed by atoms with Crippen LogP contribution in [0, 0.1) is 13.8 Å². The number of aliphatic carboxylic acids is 1. The number of rotatable bonds is 10. The van der Waals surface area contributed by atoms with Gasteiger partial charge in [0.2, 0.25) is 11.8 Å². The Kier molecular flexibility index (Phi) is 9.35. The van der Waals surface area contributed by atoms with Crippen LogP contribution in [-0.2, 0) is 24.1 Å². The number of likely N-dealkylation sites (tertiary alicyclic amines) is 2. The predicted molar refractivity (Wildman–Crippen MR) is 195 cm³/mol. The standard InChI is InChI=1S/C41H36F6N4O5/c1-21-25(7-4-9-27(21)36-48-30-15-24(18-51-12-6-11-32(51)38(52)53)33(55-39(42)43)16-34(30)54-36)26-8-5-10-28(22(26)2)37-49-31-14-23(17-50-19-40(3,44)20-50)13-29(35(31)56-37)41(45,46)47/h4-5,7-10,13-16,32,39H,6,11-12,17-20H2,1-3H3,(H,52,53)/t32-/m0/s1. The maximum atomic E-state index is 14.3. The highest BCUT2D eigenvalue weighted by atomic mass is 19.4. The topological polar surface area (TPSA) is 105 Å². The van der Waals surface area contributed by atoms with Gasteiger partial charge in [0, 0.05) is 48.9 Å². The maximum absolute atomic E-state index is 14.3. The van der Waals surface area contributed by atoms with Crippen LogP contribution in [0.1, 0.15) is 47.6 Å². The van der Waals surface area contributed by atoms with Crippen LogP contribution in [0.3, 0.4) is 0 Å². The zero-order chi connectivity index (χ0) is 39.7. The SMILES string of the molecule is Cc1c(-c2nc3cc(CN4CCC[C@H]4C(=O)O)c(OC(F)F)cc3o2)cccc1-c1cccc(-c2nc3cc(CN4CC(C)(F)C4)cc(C(F)(F)F)c3o2)c1C. The van der Waals surface area contributed by atoms with Crippen molar-refractivity contribution in [2.45, 2.75) is 71.2 Å². The molecule has 2 aromatic heterocycles. The fraction of sp³-hybridized carbons (Fsp3) is 0.341. The van der Waals surface area contributed by atoms with Crippen molar-refractivity contribution in [2.75, 3.05) is 19.6 Å². The Hall–Kier alpha value is -5.41. The summed E-state index contributed by atoms with van der Waals surface area (Å²) >= 11 is 0. The highest BCUT2D eigenvalue weighted by Gasteiger charge is 2.40. The average molecular weight is 779 g/mol. The first kappa shape index (κ1) is 37.5. The number of carboxylic acid groups (broad SMARTS) is 1. The zero-order valence-electron chi connectivity index (χ0n) is 30.5. The summed E-state index contributed by atoms with van der Waals surface area (Å²) in [5.74, 6) is -0.898. The van der Waals surface area contributed by atoms with Crippen LogP contribution in [0.4, 0.5) is 26.3 Å². The van der Waals surface area contributed by atoms with Crippen molar-refractivity contribution in [1.29, 1.82) is 0 Å². The monoisotopic (exact) mass is 778 g/mol. The lowest BCUT2D eigenvalue weighted by atomic mass is 9.91.